The Hall–Kier alpha value is -2.34. The van der Waals surface area contributed by atoms with E-state index in [1.807, 2.05) is 20.8 Å². The van der Waals surface area contributed by atoms with Crippen LogP contribution in [0.15, 0.2) is 29.2 Å². The second kappa shape index (κ2) is 10.9. The van der Waals surface area contributed by atoms with Crippen molar-refractivity contribution >= 4 is 22.0 Å². The second-order valence-electron chi connectivity index (χ2n) is 13.0. The van der Waals surface area contributed by atoms with Crippen molar-refractivity contribution in [3.05, 3.63) is 29.8 Å². The first-order valence-electron chi connectivity index (χ1n) is 13.2. The van der Waals surface area contributed by atoms with E-state index in [4.69, 9.17) is 0 Å². The summed E-state index contributed by atoms with van der Waals surface area (Å²) in [5.41, 5.74) is -1.97. The maximum absolute atomic E-state index is 13.5. The summed E-state index contributed by atoms with van der Waals surface area (Å²) in [5, 5.41) is 12.9. The first kappa shape index (κ1) is 31.2. The van der Waals surface area contributed by atoms with Gasteiger partial charge in [0.15, 0.2) is 0 Å². The molecule has 0 aromatic heterocycles. The molecule has 4 atom stereocenters. The number of hydrogen-bond donors (Lipinski definition) is 2. The third kappa shape index (κ3) is 7.45. The van der Waals surface area contributed by atoms with Crippen molar-refractivity contribution in [1.29, 1.82) is 0 Å². The van der Waals surface area contributed by atoms with Gasteiger partial charge in [0.2, 0.25) is 15.9 Å². The molecule has 0 bridgehead atoms. The summed E-state index contributed by atoms with van der Waals surface area (Å²) in [7, 11) is -4.15. The van der Waals surface area contributed by atoms with Gasteiger partial charge in [-0.15, -0.1) is 0 Å². The highest BCUT2D eigenvalue weighted by Gasteiger charge is 2.47. The Morgan fingerprint density at radius 1 is 1.10 bits per heavy atom. The van der Waals surface area contributed by atoms with E-state index in [9.17, 15) is 36.3 Å². The lowest BCUT2D eigenvalue weighted by atomic mass is 9.83. The number of nitrogens with one attached hydrogen (secondary N) is 1. The van der Waals surface area contributed by atoms with Crippen molar-refractivity contribution in [3.63, 3.8) is 0 Å². The van der Waals surface area contributed by atoms with Crippen LogP contribution in [0, 0.1) is 23.2 Å². The fourth-order valence-electron chi connectivity index (χ4n) is 5.72. The number of rotatable bonds is 7. The van der Waals surface area contributed by atoms with Gasteiger partial charge >= 0.3 is 12.3 Å². The highest BCUT2D eigenvalue weighted by molar-refractivity contribution is 7.89. The maximum Gasteiger partial charge on any atom is 0.416 e. The van der Waals surface area contributed by atoms with Gasteiger partial charge in [0, 0.05) is 31.2 Å². The molecule has 1 saturated heterocycles. The minimum absolute atomic E-state index is 0.0259. The van der Waals surface area contributed by atoms with Gasteiger partial charge in [0.05, 0.1) is 16.4 Å². The summed E-state index contributed by atoms with van der Waals surface area (Å²) >= 11 is 0. The lowest BCUT2D eigenvalue weighted by Gasteiger charge is -2.37. The van der Waals surface area contributed by atoms with E-state index in [-0.39, 0.29) is 48.8 Å². The minimum Gasteiger partial charge on any atom is -0.465 e. The number of carboxylic acid groups (broad SMARTS) is 1. The van der Waals surface area contributed by atoms with Crippen LogP contribution in [-0.4, -0.2) is 65.9 Å². The van der Waals surface area contributed by atoms with E-state index in [0.29, 0.717) is 25.3 Å². The van der Waals surface area contributed by atoms with Crippen LogP contribution in [-0.2, 0) is 21.0 Å². The summed E-state index contributed by atoms with van der Waals surface area (Å²) in [6.07, 6.45) is -3.98. The van der Waals surface area contributed by atoms with Gasteiger partial charge < -0.3 is 15.3 Å². The number of fused-ring (bicyclic) bond motifs is 1. The predicted molar refractivity (Wildman–Crippen MR) is 140 cm³/mol. The third-order valence-corrected chi connectivity index (χ3v) is 9.45. The zero-order valence-corrected chi connectivity index (χ0v) is 24.2. The molecule has 2 fully saturated rings. The molecular formula is C27H40F3N3O5S. The van der Waals surface area contributed by atoms with E-state index in [2.05, 4.69) is 5.32 Å². The van der Waals surface area contributed by atoms with Gasteiger partial charge in [0.1, 0.15) is 0 Å². The Labute approximate surface area is 229 Å². The van der Waals surface area contributed by atoms with Crippen LogP contribution < -0.4 is 5.32 Å². The Morgan fingerprint density at radius 3 is 2.28 bits per heavy atom. The normalized spacial score (nSPS) is 23.4. The van der Waals surface area contributed by atoms with Crippen molar-refractivity contribution in [2.24, 2.45) is 23.2 Å². The van der Waals surface area contributed by atoms with Crippen LogP contribution in [0.4, 0.5) is 18.0 Å². The molecular weight excluding hydrogens is 535 g/mol. The highest BCUT2D eigenvalue weighted by Crippen LogP contribution is 2.41. The Morgan fingerprint density at radius 2 is 1.74 bits per heavy atom. The summed E-state index contributed by atoms with van der Waals surface area (Å²) in [5.74, 6) is -1.08. The van der Waals surface area contributed by atoms with E-state index in [0.717, 1.165) is 12.1 Å². The number of hydrogen-bond acceptors (Lipinski definition) is 4. The SMILES string of the molecule is CC(C)(C)C[C@@H](CN(C(=O)O)C(C)(C)C)C(=O)N[C@@H]1CC[C@H]2CN(S(=O)(=O)c3cccc(C(F)(F)F)c3)C[C@H]21. The predicted octanol–water partition coefficient (Wildman–Crippen LogP) is 5.05. The molecule has 1 aliphatic heterocycles. The molecule has 220 valence electrons. The number of sulfonamides is 1. The Bertz CT molecular complexity index is 1170. The molecule has 39 heavy (non-hydrogen) atoms. The average molecular weight is 576 g/mol. The van der Waals surface area contributed by atoms with E-state index in [1.54, 1.807) is 20.8 Å². The van der Waals surface area contributed by atoms with E-state index in [1.165, 1.54) is 15.3 Å². The number of halogens is 3. The quantitative estimate of drug-likeness (QED) is 0.473. The summed E-state index contributed by atoms with van der Waals surface area (Å²) < 4.78 is 67.2. The monoisotopic (exact) mass is 575 g/mol. The molecule has 1 aromatic carbocycles. The Kier molecular flexibility index (Phi) is 8.73. The zero-order chi connectivity index (χ0) is 29.6. The van der Waals surface area contributed by atoms with Crippen molar-refractivity contribution < 1.29 is 36.3 Å². The molecule has 0 spiro atoms. The highest BCUT2D eigenvalue weighted by atomic mass is 32.2. The van der Waals surface area contributed by atoms with Crippen molar-refractivity contribution in [2.45, 2.75) is 83.5 Å². The van der Waals surface area contributed by atoms with Crippen LogP contribution in [0.2, 0.25) is 0 Å². The largest absolute Gasteiger partial charge is 0.465 e. The lowest BCUT2D eigenvalue weighted by Crippen LogP contribution is -2.52. The first-order valence-corrected chi connectivity index (χ1v) is 14.6. The smallest absolute Gasteiger partial charge is 0.416 e. The van der Waals surface area contributed by atoms with Gasteiger partial charge in [-0.25, -0.2) is 13.2 Å². The molecule has 3 rings (SSSR count). The second-order valence-corrected chi connectivity index (χ2v) is 14.9. The van der Waals surface area contributed by atoms with Gasteiger partial charge in [0.25, 0.3) is 0 Å². The Balaban J connectivity index is 1.76. The van der Waals surface area contributed by atoms with Crippen LogP contribution in [0.25, 0.3) is 0 Å². The number of nitrogens with zero attached hydrogens (tertiary/aromatic N) is 2. The molecule has 8 nitrogen and oxygen atoms in total. The zero-order valence-electron chi connectivity index (χ0n) is 23.4. The topological polar surface area (TPSA) is 107 Å². The number of benzene rings is 1. The summed E-state index contributed by atoms with van der Waals surface area (Å²) in [6.45, 7) is 11.6. The van der Waals surface area contributed by atoms with Crippen molar-refractivity contribution in [2.75, 3.05) is 19.6 Å². The first-order chi connectivity index (χ1) is 17.7. The van der Waals surface area contributed by atoms with Crippen LogP contribution in [0.5, 0.6) is 0 Å². The molecule has 1 aromatic rings. The number of alkyl halides is 3. The van der Waals surface area contributed by atoms with Gasteiger partial charge in [-0.1, -0.05) is 26.8 Å². The van der Waals surface area contributed by atoms with Crippen LogP contribution in [0.1, 0.15) is 66.4 Å². The minimum atomic E-state index is -4.66. The van der Waals surface area contributed by atoms with Crippen LogP contribution in [0.3, 0.4) is 0 Å². The maximum atomic E-state index is 13.5. The standard InChI is InChI=1S/C27H40F3N3O5S/c1-25(2,3)13-18(15-33(24(35)36)26(4,5)6)23(34)31-22-11-10-17-14-32(16-21(17)22)39(37,38)20-9-7-8-19(12-20)27(28,29)30/h7-9,12,17-18,21-22H,10-11,13-16H2,1-6H3,(H,31,34)(H,35,36)/t17-,18-,21+,22+/m0/s1. The van der Waals surface area contributed by atoms with Crippen LogP contribution >= 0.6 is 0 Å². The van der Waals surface area contributed by atoms with E-state index < -0.39 is 44.2 Å². The number of amides is 2. The molecule has 1 aliphatic carbocycles. The molecule has 2 N–H and O–H groups in total. The number of carbonyl (C=O) groups is 2. The number of carbonyl (C=O) groups excluding carboxylic acids is 1. The molecule has 0 unspecified atom stereocenters. The summed E-state index contributed by atoms with van der Waals surface area (Å²) in [6, 6.07) is 3.44. The molecule has 2 aliphatic rings. The van der Waals surface area contributed by atoms with Crippen molar-refractivity contribution in [1.82, 2.24) is 14.5 Å². The van der Waals surface area contributed by atoms with Gasteiger partial charge in [-0.05, 0) is 75.5 Å². The third-order valence-electron chi connectivity index (χ3n) is 7.62. The fraction of sp³-hybridized carbons (Fsp3) is 0.704. The molecule has 2 amide bonds. The van der Waals surface area contributed by atoms with Gasteiger partial charge in [-0.2, -0.15) is 17.5 Å². The van der Waals surface area contributed by atoms with Gasteiger partial charge in [-0.3, -0.25) is 4.79 Å². The molecule has 0 radical (unpaired) electrons. The molecule has 1 heterocycles. The fourth-order valence-corrected chi connectivity index (χ4v) is 7.30. The summed E-state index contributed by atoms with van der Waals surface area (Å²) in [4.78, 5) is 26.3. The molecule has 1 saturated carbocycles. The van der Waals surface area contributed by atoms with Crippen molar-refractivity contribution in [3.8, 4) is 0 Å². The molecule has 12 heteroatoms. The lowest BCUT2D eigenvalue weighted by molar-refractivity contribution is -0.137. The van der Waals surface area contributed by atoms with E-state index >= 15 is 0 Å². The average Bonchev–Trinajstić information content (AvgIpc) is 3.36.